The number of nitrogens with one attached hydrogen (secondary N) is 1. The zero-order valence-corrected chi connectivity index (χ0v) is 11.8. The van der Waals surface area contributed by atoms with Crippen LogP contribution in [0.3, 0.4) is 0 Å². The number of rotatable bonds is 4. The third-order valence-electron chi connectivity index (χ3n) is 2.76. The van der Waals surface area contributed by atoms with Gasteiger partial charge in [-0.1, -0.05) is 0 Å². The van der Waals surface area contributed by atoms with Crippen LogP contribution in [0.1, 0.15) is 29.0 Å². The molecule has 0 aliphatic rings. The highest BCUT2D eigenvalue weighted by atomic mass is 32.1. The van der Waals surface area contributed by atoms with Crippen molar-refractivity contribution in [2.24, 2.45) is 0 Å². The number of carbonyl (C=O) groups is 1. The number of thiazole rings is 1. The lowest BCUT2D eigenvalue weighted by Crippen LogP contribution is -2.27. The number of benzene rings is 1. The summed E-state index contributed by atoms with van der Waals surface area (Å²) in [6, 6.07) is 3.74. The summed E-state index contributed by atoms with van der Waals surface area (Å²) in [5, 5.41) is 4.63. The number of nitrogen functional groups attached to an aromatic ring is 1. The topological polar surface area (TPSA) is 77.2 Å². The van der Waals surface area contributed by atoms with Crippen molar-refractivity contribution in [3.05, 3.63) is 40.7 Å². The second-order valence-electron chi connectivity index (χ2n) is 4.15. The second-order valence-corrected chi connectivity index (χ2v) is 5.04. The molecular weight excluding hydrogens is 281 g/mol. The van der Waals surface area contributed by atoms with Gasteiger partial charge in [-0.05, 0) is 25.1 Å². The molecule has 1 atom stereocenters. The summed E-state index contributed by atoms with van der Waals surface area (Å²) < 4.78 is 18.5. The maximum atomic E-state index is 13.3. The SMILES string of the molecule is COc1ccc(F)cc1C(C)NC(=O)c1csc(N)n1. The first-order valence-corrected chi connectivity index (χ1v) is 6.74. The smallest absolute Gasteiger partial charge is 0.271 e. The molecule has 7 heteroatoms. The molecule has 2 rings (SSSR count). The molecule has 0 saturated heterocycles. The lowest BCUT2D eigenvalue weighted by atomic mass is 10.1. The van der Waals surface area contributed by atoms with Gasteiger partial charge in [-0.3, -0.25) is 4.79 Å². The Hall–Kier alpha value is -2.15. The number of nitrogens with two attached hydrogens (primary N) is 1. The van der Waals surface area contributed by atoms with E-state index in [1.54, 1.807) is 12.3 Å². The molecule has 1 aromatic carbocycles. The molecule has 0 spiro atoms. The van der Waals surface area contributed by atoms with E-state index in [0.717, 1.165) is 0 Å². The van der Waals surface area contributed by atoms with Gasteiger partial charge in [0.15, 0.2) is 5.13 Å². The molecule has 106 valence electrons. The number of halogens is 1. The minimum Gasteiger partial charge on any atom is -0.496 e. The van der Waals surface area contributed by atoms with Crippen LogP contribution < -0.4 is 15.8 Å². The molecule has 1 unspecified atom stereocenters. The first-order valence-electron chi connectivity index (χ1n) is 5.86. The number of hydrogen-bond donors (Lipinski definition) is 2. The molecule has 0 bridgehead atoms. The van der Waals surface area contributed by atoms with Gasteiger partial charge >= 0.3 is 0 Å². The molecule has 2 aromatic rings. The summed E-state index contributed by atoms with van der Waals surface area (Å²) >= 11 is 1.19. The zero-order valence-electron chi connectivity index (χ0n) is 11.0. The molecule has 1 amide bonds. The van der Waals surface area contributed by atoms with Crippen molar-refractivity contribution in [2.75, 3.05) is 12.8 Å². The number of nitrogens with zero attached hydrogens (tertiary/aromatic N) is 1. The summed E-state index contributed by atoms with van der Waals surface area (Å²) in [5.41, 5.74) is 6.29. The van der Waals surface area contributed by atoms with Crippen LogP contribution >= 0.6 is 11.3 Å². The Morgan fingerprint density at radius 2 is 2.30 bits per heavy atom. The second kappa shape index (κ2) is 5.87. The third-order valence-corrected chi connectivity index (χ3v) is 3.43. The van der Waals surface area contributed by atoms with Crippen LogP contribution in [0.5, 0.6) is 5.75 Å². The molecule has 20 heavy (non-hydrogen) atoms. The van der Waals surface area contributed by atoms with Crippen LogP contribution in [0.4, 0.5) is 9.52 Å². The largest absolute Gasteiger partial charge is 0.496 e. The Bertz CT molecular complexity index is 630. The summed E-state index contributed by atoms with van der Waals surface area (Å²) in [5.74, 6) is -0.242. The number of hydrogen-bond acceptors (Lipinski definition) is 5. The highest BCUT2D eigenvalue weighted by Gasteiger charge is 2.17. The Labute approximate surface area is 119 Å². The van der Waals surface area contributed by atoms with Gasteiger partial charge in [0.05, 0.1) is 13.2 Å². The Balaban J connectivity index is 2.17. The van der Waals surface area contributed by atoms with Gasteiger partial charge in [0.1, 0.15) is 17.3 Å². The van der Waals surface area contributed by atoms with Gasteiger partial charge in [-0.2, -0.15) is 0 Å². The molecule has 0 aliphatic heterocycles. The van der Waals surface area contributed by atoms with E-state index >= 15 is 0 Å². The molecule has 0 radical (unpaired) electrons. The molecular formula is C13H14FN3O2S. The molecule has 1 aromatic heterocycles. The molecule has 0 aliphatic carbocycles. The normalized spacial score (nSPS) is 11.9. The molecule has 0 saturated carbocycles. The van der Waals surface area contributed by atoms with Gasteiger partial charge in [0.2, 0.25) is 0 Å². The summed E-state index contributed by atoms with van der Waals surface area (Å²) in [4.78, 5) is 15.9. The van der Waals surface area contributed by atoms with Crippen molar-refractivity contribution in [3.63, 3.8) is 0 Å². The Morgan fingerprint density at radius 1 is 1.55 bits per heavy atom. The standard InChI is InChI=1S/C13H14FN3O2S/c1-7(9-5-8(14)3-4-11(9)19-2)16-12(18)10-6-20-13(15)17-10/h3-7H,1-2H3,(H2,15,17)(H,16,18). The summed E-state index contributed by atoms with van der Waals surface area (Å²) in [7, 11) is 1.49. The molecule has 5 nitrogen and oxygen atoms in total. The quantitative estimate of drug-likeness (QED) is 0.907. The van der Waals surface area contributed by atoms with Crippen LogP contribution in [0.25, 0.3) is 0 Å². The van der Waals surface area contributed by atoms with Crippen molar-refractivity contribution in [1.82, 2.24) is 10.3 Å². The first kappa shape index (κ1) is 14.3. The number of anilines is 1. The molecule has 0 fully saturated rings. The number of methoxy groups -OCH3 is 1. The van der Waals surface area contributed by atoms with E-state index in [1.807, 2.05) is 0 Å². The van der Waals surface area contributed by atoms with E-state index in [9.17, 15) is 9.18 Å². The lowest BCUT2D eigenvalue weighted by molar-refractivity contribution is 0.0935. The molecule has 3 N–H and O–H groups in total. The number of ether oxygens (including phenoxy) is 1. The van der Waals surface area contributed by atoms with Crippen molar-refractivity contribution in [1.29, 1.82) is 0 Å². The van der Waals surface area contributed by atoms with Crippen LogP contribution in [0.2, 0.25) is 0 Å². The van der Waals surface area contributed by atoms with Crippen LogP contribution in [-0.2, 0) is 0 Å². The fourth-order valence-corrected chi connectivity index (χ4v) is 2.33. The van der Waals surface area contributed by atoms with Gasteiger partial charge in [0.25, 0.3) is 5.91 Å². The van der Waals surface area contributed by atoms with Crippen molar-refractivity contribution >= 4 is 22.4 Å². The lowest BCUT2D eigenvalue weighted by Gasteiger charge is -2.16. The Morgan fingerprint density at radius 3 is 2.90 bits per heavy atom. The fourth-order valence-electron chi connectivity index (χ4n) is 1.78. The van der Waals surface area contributed by atoms with E-state index < -0.39 is 6.04 Å². The fraction of sp³-hybridized carbons (Fsp3) is 0.231. The number of carbonyl (C=O) groups excluding carboxylic acids is 1. The maximum absolute atomic E-state index is 13.3. The van der Waals surface area contributed by atoms with Crippen LogP contribution in [0.15, 0.2) is 23.6 Å². The van der Waals surface area contributed by atoms with Crippen LogP contribution in [-0.4, -0.2) is 18.0 Å². The summed E-state index contributed by atoms with van der Waals surface area (Å²) in [6.45, 7) is 1.74. The predicted octanol–water partition coefficient (Wildman–Crippen LogP) is 2.36. The van der Waals surface area contributed by atoms with Gasteiger partial charge < -0.3 is 15.8 Å². The highest BCUT2D eigenvalue weighted by molar-refractivity contribution is 7.13. The average Bonchev–Trinajstić information content (AvgIpc) is 2.85. The van der Waals surface area contributed by atoms with E-state index in [4.69, 9.17) is 10.5 Å². The summed E-state index contributed by atoms with van der Waals surface area (Å²) in [6.07, 6.45) is 0. The van der Waals surface area contributed by atoms with E-state index in [1.165, 1.54) is 36.6 Å². The zero-order chi connectivity index (χ0) is 14.7. The maximum Gasteiger partial charge on any atom is 0.271 e. The highest BCUT2D eigenvalue weighted by Crippen LogP contribution is 2.26. The number of aromatic nitrogens is 1. The van der Waals surface area contributed by atoms with E-state index in [0.29, 0.717) is 16.4 Å². The average molecular weight is 295 g/mol. The van der Waals surface area contributed by atoms with Gasteiger partial charge in [-0.25, -0.2) is 9.37 Å². The van der Waals surface area contributed by atoms with Gasteiger partial charge in [0, 0.05) is 10.9 Å². The monoisotopic (exact) mass is 295 g/mol. The number of amides is 1. The molecule has 1 heterocycles. The van der Waals surface area contributed by atoms with E-state index in [-0.39, 0.29) is 17.4 Å². The Kier molecular flexibility index (Phi) is 4.19. The van der Waals surface area contributed by atoms with Crippen molar-refractivity contribution in [3.8, 4) is 5.75 Å². The third kappa shape index (κ3) is 3.05. The van der Waals surface area contributed by atoms with Gasteiger partial charge in [-0.15, -0.1) is 11.3 Å². The van der Waals surface area contributed by atoms with Crippen molar-refractivity contribution < 1.29 is 13.9 Å². The van der Waals surface area contributed by atoms with Crippen molar-refractivity contribution in [2.45, 2.75) is 13.0 Å². The minimum absolute atomic E-state index is 0.245. The predicted molar refractivity (Wildman–Crippen MR) is 75.4 cm³/mol. The van der Waals surface area contributed by atoms with Crippen LogP contribution in [0, 0.1) is 5.82 Å². The minimum atomic E-state index is -0.420. The first-order chi connectivity index (χ1) is 9.51. The van der Waals surface area contributed by atoms with E-state index in [2.05, 4.69) is 10.3 Å².